The highest BCUT2D eigenvalue weighted by Gasteiger charge is 1.90. The van der Waals surface area contributed by atoms with Gasteiger partial charge in [0.1, 0.15) is 0 Å². The van der Waals surface area contributed by atoms with Crippen molar-refractivity contribution in [2.24, 2.45) is 0 Å². The van der Waals surface area contributed by atoms with Crippen molar-refractivity contribution in [1.82, 2.24) is 4.57 Å². The minimum atomic E-state index is 0.661. The predicted octanol–water partition coefficient (Wildman–Crippen LogP) is 1.83. The number of unbranched alkanes of at least 4 members (excludes halogenated alkanes) is 1. The first-order valence-electron chi connectivity index (χ1n) is 3.53. The molecule has 0 spiro atoms. The van der Waals surface area contributed by atoms with Gasteiger partial charge in [-0.05, 0) is 6.42 Å². The molecule has 56 valence electrons. The van der Waals surface area contributed by atoms with E-state index in [2.05, 4.69) is 6.92 Å². The third-order valence-electron chi connectivity index (χ3n) is 1.43. The Morgan fingerprint density at radius 3 is 3.00 bits per heavy atom. The van der Waals surface area contributed by atoms with E-state index in [1.165, 1.54) is 24.2 Å². The molecule has 0 atom stereocenters. The second-order valence-electron chi connectivity index (χ2n) is 2.26. The van der Waals surface area contributed by atoms with Crippen molar-refractivity contribution < 1.29 is 0 Å². The largest absolute Gasteiger partial charge is 0.324 e. The first kappa shape index (κ1) is 7.54. The summed E-state index contributed by atoms with van der Waals surface area (Å²) in [5.74, 6) is 0. The Kier molecular flexibility index (Phi) is 2.68. The fourth-order valence-electron chi connectivity index (χ4n) is 0.808. The van der Waals surface area contributed by atoms with Gasteiger partial charge >= 0.3 is 0 Å². The van der Waals surface area contributed by atoms with E-state index < -0.39 is 0 Å². The van der Waals surface area contributed by atoms with E-state index >= 15 is 0 Å². The topological polar surface area (TPSA) is 28.8 Å². The number of thiazole rings is 1. The van der Waals surface area contributed by atoms with Crippen molar-refractivity contribution in [2.45, 2.75) is 26.3 Å². The van der Waals surface area contributed by atoms with Gasteiger partial charge in [0.15, 0.2) is 4.80 Å². The fraction of sp³-hybridized carbons (Fsp3) is 0.571. The van der Waals surface area contributed by atoms with E-state index in [0.717, 1.165) is 6.54 Å². The first-order valence-corrected chi connectivity index (χ1v) is 4.41. The van der Waals surface area contributed by atoms with Crippen LogP contribution < -0.4 is 4.80 Å². The number of aromatic nitrogens is 1. The van der Waals surface area contributed by atoms with Gasteiger partial charge in [0.2, 0.25) is 0 Å². The molecule has 0 radical (unpaired) electrons. The molecule has 3 heteroatoms. The van der Waals surface area contributed by atoms with E-state index in [9.17, 15) is 0 Å². The summed E-state index contributed by atoms with van der Waals surface area (Å²) in [4.78, 5) is 0.661. The van der Waals surface area contributed by atoms with Crippen molar-refractivity contribution in [2.75, 3.05) is 0 Å². The van der Waals surface area contributed by atoms with E-state index in [1.807, 2.05) is 16.1 Å². The van der Waals surface area contributed by atoms with Gasteiger partial charge in [0, 0.05) is 18.1 Å². The lowest BCUT2D eigenvalue weighted by Gasteiger charge is -1.97. The van der Waals surface area contributed by atoms with Gasteiger partial charge < -0.3 is 4.57 Å². The Bertz CT molecular complexity index is 236. The third kappa shape index (κ3) is 1.70. The maximum absolute atomic E-state index is 7.41. The Morgan fingerprint density at radius 2 is 2.50 bits per heavy atom. The van der Waals surface area contributed by atoms with E-state index in [4.69, 9.17) is 5.41 Å². The van der Waals surface area contributed by atoms with E-state index in [0.29, 0.717) is 4.80 Å². The number of rotatable bonds is 3. The van der Waals surface area contributed by atoms with Crippen molar-refractivity contribution in [3.63, 3.8) is 0 Å². The molecule has 0 aliphatic heterocycles. The van der Waals surface area contributed by atoms with Crippen molar-refractivity contribution in [1.29, 1.82) is 5.41 Å². The SMILES string of the molecule is CCCCn1ccsc1=N. The Morgan fingerprint density at radius 1 is 1.70 bits per heavy atom. The number of aryl methyl sites for hydroxylation is 1. The van der Waals surface area contributed by atoms with Gasteiger partial charge in [-0.3, -0.25) is 5.41 Å². The van der Waals surface area contributed by atoms with E-state index in [1.54, 1.807) is 0 Å². The standard InChI is InChI=1S/C7H12N2S/c1-2-3-4-9-5-6-10-7(9)8/h5-6,8H,2-4H2,1H3. The molecule has 0 saturated carbocycles. The second-order valence-corrected chi connectivity index (χ2v) is 3.15. The summed E-state index contributed by atoms with van der Waals surface area (Å²) in [6.07, 6.45) is 4.35. The van der Waals surface area contributed by atoms with Crippen LogP contribution in [0.5, 0.6) is 0 Å². The fourth-order valence-corrected chi connectivity index (χ4v) is 1.43. The van der Waals surface area contributed by atoms with Gasteiger partial charge in [-0.2, -0.15) is 0 Å². The molecule has 2 nitrogen and oxygen atoms in total. The quantitative estimate of drug-likeness (QED) is 0.691. The number of hydrogen-bond donors (Lipinski definition) is 1. The van der Waals surface area contributed by atoms with E-state index in [-0.39, 0.29) is 0 Å². The Hall–Kier alpha value is -0.570. The average molecular weight is 156 g/mol. The summed E-state index contributed by atoms with van der Waals surface area (Å²) in [7, 11) is 0. The summed E-state index contributed by atoms with van der Waals surface area (Å²) >= 11 is 1.48. The highest BCUT2D eigenvalue weighted by atomic mass is 32.1. The predicted molar refractivity (Wildman–Crippen MR) is 43.1 cm³/mol. The molecule has 1 rings (SSSR count). The van der Waals surface area contributed by atoms with Crippen LogP contribution in [0, 0.1) is 5.41 Å². The summed E-state index contributed by atoms with van der Waals surface area (Å²) in [6, 6.07) is 0. The monoisotopic (exact) mass is 156 g/mol. The molecule has 0 unspecified atom stereocenters. The van der Waals surface area contributed by atoms with Crippen LogP contribution in [0.3, 0.4) is 0 Å². The average Bonchev–Trinajstić information content (AvgIpc) is 2.31. The van der Waals surface area contributed by atoms with Crippen LogP contribution in [0.4, 0.5) is 0 Å². The molecule has 0 aliphatic rings. The third-order valence-corrected chi connectivity index (χ3v) is 2.15. The zero-order valence-electron chi connectivity index (χ0n) is 6.13. The second kappa shape index (κ2) is 3.56. The molecule has 0 saturated heterocycles. The van der Waals surface area contributed by atoms with Crippen LogP contribution >= 0.6 is 11.3 Å². The molecule has 1 aromatic heterocycles. The summed E-state index contributed by atoms with van der Waals surface area (Å²) < 4.78 is 1.98. The molecule has 1 heterocycles. The lowest BCUT2D eigenvalue weighted by molar-refractivity contribution is 0.614. The van der Waals surface area contributed by atoms with Crippen LogP contribution in [0.25, 0.3) is 0 Å². The number of nitrogens with one attached hydrogen (secondary N) is 1. The molecule has 0 aliphatic carbocycles. The molecule has 0 aromatic carbocycles. The smallest absolute Gasteiger partial charge is 0.181 e. The number of nitrogens with zero attached hydrogens (tertiary/aromatic N) is 1. The first-order chi connectivity index (χ1) is 4.84. The molecule has 0 amide bonds. The van der Waals surface area contributed by atoms with Crippen molar-refractivity contribution >= 4 is 11.3 Å². The molecule has 10 heavy (non-hydrogen) atoms. The lowest BCUT2D eigenvalue weighted by Crippen LogP contribution is -2.11. The molecule has 0 bridgehead atoms. The highest BCUT2D eigenvalue weighted by Crippen LogP contribution is 1.93. The Labute approximate surface area is 64.6 Å². The van der Waals surface area contributed by atoms with Crippen LogP contribution in [-0.2, 0) is 6.54 Å². The molecule has 0 fully saturated rings. The molecule has 1 aromatic rings. The lowest BCUT2D eigenvalue weighted by atomic mass is 10.3. The van der Waals surface area contributed by atoms with Gasteiger partial charge in [0.25, 0.3) is 0 Å². The molecular formula is C7H12N2S. The summed E-state index contributed by atoms with van der Waals surface area (Å²) in [5.41, 5.74) is 0. The van der Waals surface area contributed by atoms with Crippen molar-refractivity contribution in [3.05, 3.63) is 16.4 Å². The maximum Gasteiger partial charge on any atom is 0.181 e. The van der Waals surface area contributed by atoms with Gasteiger partial charge in [-0.25, -0.2) is 0 Å². The van der Waals surface area contributed by atoms with Gasteiger partial charge in [0.05, 0.1) is 0 Å². The normalized spacial score (nSPS) is 10.1. The minimum Gasteiger partial charge on any atom is -0.324 e. The minimum absolute atomic E-state index is 0.661. The zero-order chi connectivity index (χ0) is 7.40. The molecular weight excluding hydrogens is 144 g/mol. The Balaban J connectivity index is 2.57. The highest BCUT2D eigenvalue weighted by molar-refractivity contribution is 7.06. The summed E-state index contributed by atoms with van der Waals surface area (Å²) in [6.45, 7) is 3.16. The van der Waals surface area contributed by atoms with Crippen LogP contribution in [0.15, 0.2) is 11.6 Å². The van der Waals surface area contributed by atoms with Crippen molar-refractivity contribution in [3.8, 4) is 0 Å². The zero-order valence-corrected chi connectivity index (χ0v) is 6.95. The molecule has 1 N–H and O–H groups in total. The van der Waals surface area contributed by atoms with Gasteiger partial charge in [-0.15, -0.1) is 11.3 Å². The van der Waals surface area contributed by atoms with Crippen LogP contribution in [0.1, 0.15) is 19.8 Å². The van der Waals surface area contributed by atoms with Crippen LogP contribution in [-0.4, -0.2) is 4.57 Å². The maximum atomic E-state index is 7.41. The van der Waals surface area contributed by atoms with Gasteiger partial charge in [-0.1, -0.05) is 13.3 Å². The summed E-state index contributed by atoms with van der Waals surface area (Å²) in [5, 5.41) is 9.37. The van der Waals surface area contributed by atoms with Crippen LogP contribution in [0.2, 0.25) is 0 Å². The number of hydrogen-bond acceptors (Lipinski definition) is 2.